The Bertz CT molecular complexity index is 510. The maximum atomic E-state index is 10.5. The number of aromatic hydroxyl groups is 1. The average molecular weight is 190 g/mol. The van der Waals surface area contributed by atoms with Gasteiger partial charge in [0.1, 0.15) is 0 Å². The van der Waals surface area contributed by atoms with Crippen molar-refractivity contribution in [2.45, 2.75) is 0 Å². The van der Waals surface area contributed by atoms with Gasteiger partial charge in [-0.1, -0.05) is 0 Å². The molecule has 1 aromatic carbocycles. The zero-order valence-corrected chi connectivity index (χ0v) is 7.04. The molecular formula is C9H6N2O3. The molecular weight excluding hydrogens is 184 g/mol. The van der Waals surface area contributed by atoms with Crippen LogP contribution in [0.2, 0.25) is 0 Å². The lowest BCUT2D eigenvalue weighted by Gasteiger charge is -1.98. The summed E-state index contributed by atoms with van der Waals surface area (Å²) >= 11 is 0. The molecule has 0 amide bonds. The van der Waals surface area contributed by atoms with E-state index in [-0.39, 0.29) is 11.4 Å². The van der Waals surface area contributed by atoms with Gasteiger partial charge in [0.2, 0.25) is 0 Å². The predicted molar refractivity (Wildman–Crippen MR) is 50.1 cm³/mol. The highest BCUT2D eigenvalue weighted by Crippen LogP contribution is 2.30. The van der Waals surface area contributed by atoms with Crippen LogP contribution in [0.3, 0.4) is 0 Å². The predicted octanol–water partition coefficient (Wildman–Crippen LogP) is 1.85. The van der Waals surface area contributed by atoms with E-state index in [2.05, 4.69) is 4.98 Å². The molecule has 70 valence electrons. The van der Waals surface area contributed by atoms with Gasteiger partial charge >= 0.3 is 5.69 Å². The molecule has 1 N–H and O–H groups in total. The molecule has 1 heterocycles. The van der Waals surface area contributed by atoms with Gasteiger partial charge in [0.25, 0.3) is 0 Å². The molecule has 0 bridgehead atoms. The molecule has 2 aromatic rings. The molecule has 5 nitrogen and oxygen atoms in total. The fourth-order valence-electron chi connectivity index (χ4n) is 1.26. The van der Waals surface area contributed by atoms with Crippen LogP contribution in [0.1, 0.15) is 0 Å². The topological polar surface area (TPSA) is 76.3 Å². The molecule has 0 saturated carbocycles. The highest BCUT2D eigenvalue weighted by molar-refractivity contribution is 5.86. The summed E-state index contributed by atoms with van der Waals surface area (Å²) in [6, 6.07) is 4.31. The zero-order valence-electron chi connectivity index (χ0n) is 7.04. The van der Waals surface area contributed by atoms with Crippen LogP contribution in [-0.2, 0) is 0 Å². The fourth-order valence-corrected chi connectivity index (χ4v) is 1.26. The quantitative estimate of drug-likeness (QED) is 0.549. The number of phenolic OH excluding ortho intramolecular Hbond substituents is 1. The zero-order chi connectivity index (χ0) is 10.1. The minimum atomic E-state index is -0.616. The summed E-state index contributed by atoms with van der Waals surface area (Å²) < 4.78 is 0. The molecule has 0 aliphatic heterocycles. The first-order chi connectivity index (χ1) is 6.68. The molecule has 1 aromatic heterocycles. The van der Waals surface area contributed by atoms with Crippen LogP contribution in [0.4, 0.5) is 5.69 Å². The van der Waals surface area contributed by atoms with E-state index in [4.69, 9.17) is 0 Å². The number of nitro benzene ring substituents is 1. The van der Waals surface area contributed by atoms with Gasteiger partial charge in [-0.05, 0) is 17.5 Å². The summed E-state index contributed by atoms with van der Waals surface area (Å²) in [7, 11) is 0. The van der Waals surface area contributed by atoms with Crippen molar-refractivity contribution in [1.82, 2.24) is 4.98 Å². The standard InChI is InChI=1S/C9H6N2O3/c12-9-4-7-5-10-2-1-6(7)3-8(9)11(13)14/h1-5,12H. The Morgan fingerprint density at radius 3 is 2.86 bits per heavy atom. The molecule has 0 fully saturated rings. The SMILES string of the molecule is O=[N+]([O-])c1cc2ccncc2cc1O. The van der Waals surface area contributed by atoms with Crippen LogP contribution >= 0.6 is 0 Å². The summed E-state index contributed by atoms with van der Waals surface area (Å²) in [6.07, 6.45) is 3.09. The third-order valence-electron chi connectivity index (χ3n) is 1.93. The Kier molecular flexibility index (Phi) is 1.78. The Balaban J connectivity index is 2.77. The molecule has 14 heavy (non-hydrogen) atoms. The Morgan fingerprint density at radius 2 is 2.14 bits per heavy atom. The van der Waals surface area contributed by atoms with Gasteiger partial charge in [0.05, 0.1) is 4.92 Å². The number of phenols is 1. The van der Waals surface area contributed by atoms with Crippen LogP contribution < -0.4 is 0 Å². The molecule has 0 unspecified atom stereocenters. The van der Waals surface area contributed by atoms with E-state index in [9.17, 15) is 15.2 Å². The summed E-state index contributed by atoms with van der Waals surface area (Å²) in [6.45, 7) is 0. The van der Waals surface area contributed by atoms with Gasteiger partial charge in [-0.2, -0.15) is 0 Å². The van der Waals surface area contributed by atoms with Crippen molar-refractivity contribution in [3.8, 4) is 5.75 Å². The number of rotatable bonds is 1. The summed E-state index contributed by atoms with van der Waals surface area (Å²) in [5, 5.41) is 21.2. The fraction of sp³-hybridized carbons (Fsp3) is 0. The Morgan fingerprint density at radius 1 is 1.36 bits per heavy atom. The maximum Gasteiger partial charge on any atom is 0.311 e. The van der Waals surface area contributed by atoms with Gasteiger partial charge in [0.15, 0.2) is 5.75 Å². The monoisotopic (exact) mass is 190 g/mol. The van der Waals surface area contributed by atoms with Gasteiger partial charge in [-0.25, -0.2) is 0 Å². The highest BCUT2D eigenvalue weighted by Gasteiger charge is 2.13. The molecule has 0 radical (unpaired) electrons. The number of hydrogen-bond acceptors (Lipinski definition) is 4. The molecule has 0 aliphatic carbocycles. The minimum absolute atomic E-state index is 0.288. The second kappa shape index (κ2) is 2.95. The second-order valence-corrected chi connectivity index (χ2v) is 2.82. The molecule has 0 atom stereocenters. The first kappa shape index (κ1) is 8.43. The lowest BCUT2D eigenvalue weighted by atomic mass is 10.1. The largest absolute Gasteiger partial charge is 0.502 e. The molecule has 5 heteroatoms. The van der Waals surface area contributed by atoms with Crippen LogP contribution in [0.25, 0.3) is 10.8 Å². The lowest BCUT2D eigenvalue weighted by Crippen LogP contribution is -1.88. The molecule has 0 aliphatic rings. The van der Waals surface area contributed by atoms with Gasteiger partial charge in [-0.15, -0.1) is 0 Å². The Hall–Kier alpha value is -2.17. The number of fused-ring (bicyclic) bond motifs is 1. The van der Waals surface area contributed by atoms with E-state index < -0.39 is 4.92 Å². The normalized spacial score (nSPS) is 10.3. The number of nitro groups is 1. The van der Waals surface area contributed by atoms with E-state index in [0.717, 1.165) is 0 Å². The maximum absolute atomic E-state index is 10.5. The highest BCUT2D eigenvalue weighted by atomic mass is 16.6. The van der Waals surface area contributed by atoms with Crippen molar-refractivity contribution in [1.29, 1.82) is 0 Å². The molecule has 0 spiro atoms. The van der Waals surface area contributed by atoms with Crippen molar-refractivity contribution in [3.63, 3.8) is 0 Å². The number of aromatic nitrogens is 1. The Labute approximate surface area is 78.8 Å². The van der Waals surface area contributed by atoms with Crippen molar-refractivity contribution >= 4 is 16.5 Å². The summed E-state index contributed by atoms with van der Waals surface area (Å²) in [5.74, 6) is -0.337. The summed E-state index contributed by atoms with van der Waals surface area (Å²) in [4.78, 5) is 13.7. The van der Waals surface area contributed by atoms with E-state index in [1.807, 2.05) is 0 Å². The van der Waals surface area contributed by atoms with E-state index >= 15 is 0 Å². The minimum Gasteiger partial charge on any atom is -0.502 e. The van der Waals surface area contributed by atoms with Crippen molar-refractivity contribution in [2.24, 2.45) is 0 Å². The number of hydrogen-bond donors (Lipinski definition) is 1. The summed E-state index contributed by atoms with van der Waals surface area (Å²) in [5.41, 5.74) is -0.288. The van der Waals surface area contributed by atoms with Crippen LogP contribution in [-0.4, -0.2) is 15.0 Å². The van der Waals surface area contributed by atoms with Gasteiger partial charge < -0.3 is 5.11 Å². The van der Waals surface area contributed by atoms with Crippen LogP contribution in [0.5, 0.6) is 5.75 Å². The van der Waals surface area contributed by atoms with E-state index in [0.29, 0.717) is 10.8 Å². The van der Waals surface area contributed by atoms with E-state index in [1.54, 1.807) is 18.5 Å². The van der Waals surface area contributed by atoms with Crippen LogP contribution in [0, 0.1) is 10.1 Å². The second-order valence-electron chi connectivity index (χ2n) is 2.82. The smallest absolute Gasteiger partial charge is 0.311 e. The number of benzene rings is 1. The van der Waals surface area contributed by atoms with Gasteiger partial charge in [0, 0.05) is 23.8 Å². The van der Waals surface area contributed by atoms with Crippen molar-refractivity contribution in [2.75, 3.05) is 0 Å². The third-order valence-corrected chi connectivity index (χ3v) is 1.93. The van der Waals surface area contributed by atoms with Crippen LogP contribution in [0.15, 0.2) is 30.6 Å². The number of nitrogens with zero attached hydrogens (tertiary/aromatic N) is 2. The molecule has 2 rings (SSSR count). The van der Waals surface area contributed by atoms with E-state index in [1.165, 1.54) is 12.1 Å². The number of pyridine rings is 1. The van der Waals surface area contributed by atoms with Crippen molar-refractivity contribution < 1.29 is 10.0 Å². The van der Waals surface area contributed by atoms with Gasteiger partial charge in [-0.3, -0.25) is 15.1 Å². The lowest BCUT2D eigenvalue weighted by molar-refractivity contribution is -0.385. The molecule has 0 saturated heterocycles. The first-order valence-electron chi connectivity index (χ1n) is 3.89. The van der Waals surface area contributed by atoms with Crippen molar-refractivity contribution in [3.05, 3.63) is 40.7 Å². The first-order valence-corrected chi connectivity index (χ1v) is 3.89. The average Bonchev–Trinajstić information content (AvgIpc) is 2.16. The third kappa shape index (κ3) is 1.24.